The van der Waals surface area contributed by atoms with Crippen molar-refractivity contribution in [2.45, 2.75) is 39.5 Å². The Morgan fingerprint density at radius 3 is 2.90 bits per heavy atom. The molecule has 6 nitrogen and oxygen atoms in total. The zero-order chi connectivity index (χ0) is 14.7. The first-order valence-electron chi connectivity index (χ1n) is 7.26. The molecular weight excluding hydrogens is 256 g/mol. The molecule has 1 atom stereocenters. The second-order valence-corrected chi connectivity index (χ2v) is 5.67. The standard InChI is InChI=1S/C14H26N4O2/c1-10(2)15-7-13-11(3)16-17(4)14(13)18-5-6-20-12(8-18)9-19/h10,12,15,19H,5-9H2,1-4H3. The third-order valence-electron chi connectivity index (χ3n) is 3.64. The molecule has 2 heterocycles. The molecule has 1 fully saturated rings. The molecule has 0 spiro atoms. The molecule has 1 aliphatic rings. The molecule has 0 radical (unpaired) electrons. The van der Waals surface area contributed by atoms with E-state index >= 15 is 0 Å². The van der Waals surface area contributed by atoms with Crippen LogP contribution in [0.25, 0.3) is 0 Å². The number of aromatic nitrogens is 2. The van der Waals surface area contributed by atoms with Crippen LogP contribution < -0.4 is 10.2 Å². The molecule has 1 aromatic heterocycles. The first kappa shape index (κ1) is 15.3. The number of ether oxygens (including phenoxy) is 1. The Morgan fingerprint density at radius 2 is 2.25 bits per heavy atom. The summed E-state index contributed by atoms with van der Waals surface area (Å²) in [4.78, 5) is 2.27. The fraction of sp³-hybridized carbons (Fsp3) is 0.786. The molecular formula is C14H26N4O2. The van der Waals surface area contributed by atoms with Crippen LogP contribution in [-0.4, -0.2) is 53.3 Å². The third kappa shape index (κ3) is 3.31. The highest BCUT2D eigenvalue weighted by Crippen LogP contribution is 2.25. The summed E-state index contributed by atoms with van der Waals surface area (Å²) in [6, 6.07) is 0.442. The molecule has 1 aromatic rings. The normalized spacial score (nSPS) is 19.9. The lowest BCUT2D eigenvalue weighted by Crippen LogP contribution is -2.45. The van der Waals surface area contributed by atoms with Crippen molar-refractivity contribution < 1.29 is 9.84 Å². The van der Waals surface area contributed by atoms with Crippen molar-refractivity contribution in [2.24, 2.45) is 7.05 Å². The predicted octanol–water partition coefficient (Wildman–Crippen LogP) is 0.424. The summed E-state index contributed by atoms with van der Waals surface area (Å²) in [6.45, 7) is 9.40. The van der Waals surface area contributed by atoms with Gasteiger partial charge in [0.25, 0.3) is 0 Å². The number of aliphatic hydroxyl groups excluding tert-OH is 1. The Labute approximate surface area is 120 Å². The van der Waals surface area contributed by atoms with Gasteiger partial charge in [-0.3, -0.25) is 4.68 Å². The summed E-state index contributed by atoms with van der Waals surface area (Å²) < 4.78 is 7.46. The SMILES string of the molecule is Cc1nn(C)c(N2CCOC(CO)C2)c1CNC(C)C. The lowest BCUT2D eigenvalue weighted by Gasteiger charge is -2.34. The molecule has 1 unspecified atom stereocenters. The van der Waals surface area contributed by atoms with Gasteiger partial charge < -0.3 is 20.1 Å². The topological polar surface area (TPSA) is 62.6 Å². The van der Waals surface area contributed by atoms with Crippen LogP contribution in [0.15, 0.2) is 0 Å². The van der Waals surface area contributed by atoms with E-state index < -0.39 is 0 Å². The lowest BCUT2D eigenvalue weighted by atomic mass is 10.2. The number of nitrogens with one attached hydrogen (secondary N) is 1. The van der Waals surface area contributed by atoms with Gasteiger partial charge in [-0.1, -0.05) is 13.8 Å². The van der Waals surface area contributed by atoms with Crippen LogP contribution in [0.4, 0.5) is 5.82 Å². The zero-order valence-corrected chi connectivity index (χ0v) is 12.9. The number of morpholine rings is 1. The first-order chi connectivity index (χ1) is 9.52. The largest absolute Gasteiger partial charge is 0.394 e. The minimum absolute atomic E-state index is 0.0624. The Morgan fingerprint density at radius 1 is 1.50 bits per heavy atom. The number of nitrogens with zero attached hydrogens (tertiary/aromatic N) is 3. The quantitative estimate of drug-likeness (QED) is 0.820. The molecule has 0 saturated carbocycles. The van der Waals surface area contributed by atoms with Gasteiger partial charge in [-0.15, -0.1) is 0 Å². The molecule has 2 rings (SSSR count). The number of aliphatic hydroxyl groups is 1. The van der Waals surface area contributed by atoms with Crippen molar-refractivity contribution in [1.29, 1.82) is 0 Å². The molecule has 0 amide bonds. The van der Waals surface area contributed by atoms with E-state index in [0.717, 1.165) is 24.6 Å². The van der Waals surface area contributed by atoms with Gasteiger partial charge in [-0.25, -0.2) is 0 Å². The van der Waals surface area contributed by atoms with E-state index in [2.05, 4.69) is 29.2 Å². The molecule has 1 saturated heterocycles. The van der Waals surface area contributed by atoms with Crippen molar-refractivity contribution in [2.75, 3.05) is 31.2 Å². The number of aryl methyl sites for hydroxylation is 2. The molecule has 6 heteroatoms. The van der Waals surface area contributed by atoms with Crippen molar-refractivity contribution in [3.63, 3.8) is 0 Å². The first-order valence-corrected chi connectivity index (χ1v) is 7.26. The van der Waals surface area contributed by atoms with Crippen LogP contribution in [0.5, 0.6) is 0 Å². The molecule has 0 aliphatic carbocycles. The highest BCUT2D eigenvalue weighted by Gasteiger charge is 2.25. The summed E-state index contributed by atoms with van der Waals surface area (Å²) in [5.74, 6) is 1.14. The van der Waals surface area contributed by atoms with E-state index in [0.29, 0.717) is 19.2 Å². The predicted molar refractivity (Wildman–Crippen MR) is 79.0 cm³/mol. The second-order valence-electron chi connectivity index (χ2n) is 5.67. The average molecular weight is 282 g/mol. The van der Waals surface area contributed by atoms with E-state index in [-0.39, 0.29) is 12.7 Å². The molecule has 2 N–H and O–H groups in total. The van der Waals surface area contributed by atoms with E-state index in [9.17, 15) is 5.11 Å². The highest BCUT2D eigenvalue weighted by molar-refractivity contribution is 5.50. The molecule has 1 aliphatic heterocycles. The highest BCUT2D eigenvalue weighted by atomic mass is 16.5. The van der Waals surface area contributed by atoms with Gasteiger partial charge in [0.2, 0.25) is 0 Å². The monoisotopic (exact) mass is 282 g/mol. The third-order valence-corrected chi connectivity index (χ3v) is 3.64. The second kappa shape index (κ2) is 6.56. The molecule has 0 bridgehead atoms. The molecule has 20 heavy (non-hydrogen) atoms. The summed E-state index contributed by atoms with van der Waals surface area (Å²) in [5.41, 5.74) is 2.29. The maximum atomic E-state index is 9.29. The Bertz CT molecular complexity index is 445. The van der Waals surface area contributed by atoms with Gasteiger partial charge in [0.1, 0.15) is 5.82 Å². The molecule has 0 aromatic carbocycles. The van der Waals surface area contributed by atoms with E-state index in [4.69, 9.17) is 4.74 Å². The van der Waals surface area contributed by atoms with Crippen LogP contribution in [0.2, 0.25) is 0 Å². The summed E-state index contributed by atoms with van der Waals surface area (Å²) >= 11 is 0. The Balaban J connectivity index is 2.21. The fourth-order valence-electron chi connectivity index (χ4n) is 2.62. The lowest BCUT2D eigenvalue weighted by molar-refractivity contribution is 0.00314. The van der Waals surface area contributed by atoms with Crippen LogP contribution in [0.1, 0.15) is 25.1 Å². The van der Waals surface area contributed by atoms with Crippen LogP contribution in [0, 0.1) is 6.92 Å². The van der Waals surface area contributed by atoms with Gasteiger partial charge in [0, 0.05) is 38.3 Å². The minimum atomic E-state index is -0.107. The van der Waals surface area contributed by atoms with Crippen LogP contribution >= 0.6 is 0 Å². The van der Waals surface area contributed by atoms with Crippen molar-refractivity contribution in [3.05, 3.63) is 11.3 Å². The molecule has 114 valence electrons. The van der Waals surface area contributed by atoms with Crippen molar-refractivity contribution in [3.8, 4) is 0 Å². The number of hydrogen-bond donors (Lipinski definition) is 2. The maximum Gasteiger partial charge on any atom is 0.131 e. The van der Waals surface area contributed by atoms with Gasteiger partial charge in [0.05, 0.1) is 25.0 Å². The fourth-order valence-corrected chi connectivity index (χ4v) is 2.62. The van der Waals surface area contributed by atoms with E-state index in [1.807, 2.05) is 18.7 Å². The summed E-state index contributed by atoms with van der Waals surface area (Å²) in [6.07, 6.45) is -0.107. The maximum absolute atomic E-state index is 9.29. The number of rotatable bonds is 5. The summed E-state index contributed by atoms with van der Waals surface area (Å²) in [5, 5.41) is 17.3. The van der Waals surface area contributed by atoms with Crippen molar-refractivity contribution in [1.82, 2.24) is 15.1 Å². The van der Waals surface area contributed by atoms with Gasteiger partial charge >= 0.3 is 0 Å². The van der Waals surface area contributed by atoms with Crippen molar-refractivity contribution >= 4 is 5.82 Å². The minimum Gasteiger partial charge on any atom is -0.394 e. The van der Waals surface area contributed by atoms with Crippen LogP contribution in [0.3, 0.4) is 0 Å². The Kier molecular flexibility index (Phi) is 5.01. The number of anilines is 1. The van der Waals surface area contributed by atoms with Gasteiger partial charge in [-0.2, -0.15) is 5.10 Å². The van der Waals surface area contributed by atoms with Gasteiger partial charge in [0.15, 0.2) is 0 Å². The number of hydrogen-bond acceptors (Lipinski definition) is 5. The Hall–Kier alpha value is -1.11. The van der Waals surface area contributed by atoms with Gasteiger partial charge in [-0.05, 0) is 6.92 Å². The van der Waals surface area contributed by atoms with E-state index in [1.165, 1.54) is 5.56 Å². The summed E-state index contributed by atoms with van der Waals surface area (Å²) in [7, 11) is 1.98. The smallest absolute Gasteiger partial charge is 0.131 e. The zero-order valence-electron chi connectivity index (χ0n) is 12.9. The van der Waals surface area contributed by atoms with Crippen LogP contribution in [-0.2, 0) is 18.3 Å². The van der Waals surface area contributed by atoms with E-state index in [1.54, 1.807) is 0 Å². The average Bonchev–Trinajstić information content (AvgIpc) is 2.70.